The first-order valence-corrected chi connectivity index (χ1v) is 6.04. The summed E-state index contributed by atoms with van der Waals surface area (Å²) in [4.78, 5) is 12.3. The van der Waals surface area contributed by atoms with Gasteiger partial charge in [-0.3, -0.25) is 4.79 Å². The lowest BCUT2D eigenvalue weighted by Crippen LogP contribution is -2.07. The summed E-state index contributed by atoms with van der Waals surface area (Å²) in [5.41, 5.74) is -0.275. The number of carbonyl (C=O) groups is 1. The zero-order chi connectivity index (χ0) is 13.3. The Morgan fingerprint density at radius 1 is 1.33 bits per heavy atom. The van der Waals surface area contributed by atoms with Crippen molar-refractivity contribution < 1.29 is 18.3 Å². The first-order valence-electron chi connectivity index (χ1n) is 5.16. The topological polar surface area (TPSA) is 26.3 Å². The van der Waals surface area contributed by atoms with Crippen molar-refractivity contribution in [2.24, 2.45) is 0 Å². The molecule has 1 aromatic carbocycles. The molecule has 18 heavy (non-hydrogen) atoms. The van der Waals surface area contributed by atoms with Crippen molar-refractivity contribution in [3.63, 3.8) is 0 Å². The second kappa shape index (κ2) is 4.86. The van der Waals surface area contributed by atoms with Crippen LogP contribution in [0.4, 0.5) is 8.78 Å². The monoisotopic (exact) mass is 268 g/mol. The predicted molar refractivity (Wildman–Crippen MR) is 65.4 cm³/mol. The van der Waals surface area contributed by atoms with E-state index in [1.165, 1.54) is 26.2 Å². The van der Waals surface area contributed by atoms with Crippen molar-refractivity contribution in [2.45, 2.75) is 6.92 Å². The van der Waals surface area contributed by atoms with Crippen molar-refractivity contribution in [1.82, 2.24) is 0 Å². The van der Waals surface area contributed by atoms with Crippen LogP contribution in [0.1, 0.15) is 20.8 Å². The predicted octanol–water partition coefficient (Wildman–Crippen LogP) is 3.57. The van der Waals surface area contributed by atoms with Gasteiger partial charge < -0.3 is 4.74 Å². The number of rotatable bonds is 3. The van der Waals surface area contributed by atoms with E-state index in [0.717, 1.165) is 17.4 Å². The highest BCUT2D eigenvalue weighted by molar-refractivity contribution is 7.12. The van der Waals surface area contributed by atoms with Crippen LogP contribution in [-0.2, 0) is 0 Å². The summed E-state index contributed by atoms with van der Waals surface area (Å²) < 4.78 is 32.3. The molecular weight excluding hydrogens is 258 g/mol. The Balaban J connectivity index is 2.49. The second-order valence-corrected chi connectivity index (χ2v) is 4.64. The molecule has 0 amide bonds. The van der Waals surface area contributed by atoms with Gasteiger partial charge in [-0.1, -0.05) is 6.07 Å². The van der Waals surface area contributed by atoms with E-state index >= 15 is 0 Å². The highest BCUT2D eigenvalue weighted by atomic mass is 32.1. The summed E-state index contributed by atoms with van der Waals surface area (Å²) in [5.74, 6) is -1.83. The van der Waals surface area contributed by atoms with Crippen LogP contribution < -0.4 is 4.74 Å². The summed E-state index contributed by atoms with van der Waals surface area (Å²) in [6.07, 6.45) is 0. The first kappa shape index (κ1) is 12.7. The van der Waals surface area contributed by atoms with Gasteiger partial charge in [-0.15, -0.1) is 11.3 Å². The van der Waals surface area contributed by atoms with Crippen LogP contribution >= 0.6 is 11.3 Å². The van der Waals surface area contributed by atoms with Gasteiger partial charge in [0.2, 0.25) is 5.78 Å². The fraction of sp³-hybridized carbons (Fsp3) is 0.154. The fourth-order valence-corrected chi connectivity index (χ4v) is 2.33. The van der Waals surface area contributed by atoms with Gasteiger partial charge in [0, 0.05) is 11.4 Å². The summed E-state index contributed by atoms with van der Waals surface area (Å²) in [6, 6.07) is 3.86. The summed E-state index contributed by atoms with van der Waals surface area (Å²) in [7, 11) is 1.46. The van der Waals surface area contributed by atoms with E-state index in [-0.39, 0.29) is 10.4 Å². The number of hydrogen-bond acceptors (Lipinski definition) is 3. The fourth-order valence-electron chi connectivity index (χ4n) is 1.53. The molecule has 0 fully saturated rings. The van der Waals surface area contributed by atoms with Gasteiger partial charge in [-0.2, -0.15) is 0 Å². The maximum atomic E-state index is 13.8. The number of benzene rings is 1. The molecule has 0 aliphatic rings. The van der Waals surface area contributed by atoms with Crippen LogP contribution in [0, 0.1) is 18.6 Å². The second-order valence-electron chi connectivity index (χ2n) is 3.73. The van der Waals surface area contributed by atoms with Gasteiger partial charge in [-0.05, 0) is 18.6 Å². The molecule has 0 unspecified atom stereocenters. The van der Waals surface area contributed by atoms with Gasteiger partial charge in [0.05, 0.1) is 17.6 Å². The molecule has 0 N–H and O–H groups in total. The molecule has 0 saturated carbocycles. The lowest BCUT2D eigenvalue weighted by Gasteiger charge is -2.04. The Morgan fingerprint density at radius 3 is 2.67 bits per heavy atom. The van der Waals surface area contributed by atoms with Crippen LogP contribution in [0.2, 0.25) is 0 Å². The minimum absolute atomic E-state index is 0.239. The van der Waals surface area contributed by atoms with E-state index in [1.54, 1.807) is 5.38 Å². The van der Waals surface area contributed by atoms with Gasteiger partial charge in [-0.25, -0.2) is 8.78 Å². The van der Waals surface area contributed by atoms with Crippen molar-refractivity contribution in [2.75, 3.05) is 7.11 Å². The molecule has 0 aliphatic carbocycles. The average Bonchev–Trinajstić information content (AvgIpc) is 2.83. The SMILES string of the molecule is COc1csc(C(=O)c2c(F)ccc(C)c2F)c1. The minimum Gasteiger partial charge on any atom is -0.496 e. The first-order chi connectivity index (χ1) is 8.54. The van der Waals surface area contributed by atoms with Crippen molar-refractivity contribution >= 4 is 17.1 Å². The number of ether oxygens (including phenoxy) is 1. The van der Waals surface area contributed by atoms with E-state index < -0.39 is 23.0 Å². The Bertz CT molecular complexity index is 605. The van der Waals surface area contributed by atoms with Crippen LogP contribution in [0.5, 0.6) is 5.75 Å². The molecule has 0 radical (unpaired) electrons. The normalized spacial score (nSPS) is 10.4. The molecular formula is C13H10F2O2S. The molecule has 94 valence electrons. The lowest BCUT2D eigenvalue weighted by atomic mass is 10.0. The van der Waals surface area contributed by atoms with E-state index in [0.29, 0.717) is 5.75 Å². The number of carbonyl (C=O) groups excluding carboxylic acids is 1. The van der Waals surface area contributed by atoms with E-state index in [2.05, 4.69) is 0 Å². The molecule has 0 saturated heterocycles. The highest BCUT2D eigenvalue weighted by Crippen LogP contribution is 2.26. The van der Waals surface area contributed by atoms with Crippen LogP contribution in [-0.4, -0.2) is 12.9 Å². The standard InChI is InChI=1S/C13H10F2O2S/c1-7-3-4-9(14)11(12(7)15)13(16)10-5-8(17-2)6-18-10/h3-6H,1-2H3. The highest BCUT2D eigenvalue weighted by Gasteiger charge is 2.21. The number of methoxy groups -OCH3 is 1. The van der Waals surface area contributed by atoms with Crippen LogP contribution in [0.25, 0.3) is 0 Å². The van der Waals surface area contributed by atoms with E-state index in [9.17, 15) is 13.6 Å². The Hall–Kier alpha value is -1.75. The molecule has 0 atom stereocenters. The number of halogens is 2. The molecule has 5 heteroatoms. The van der Waals surface area contributed by atoms with Gasteiger partial charge in [0.25, 0.3) is 0 Å². The summed E-state index contributed by atoms with van der Waals surface area (Å²) in [6.45, 7) is 1.49. The Labute approximate surface area is 107 Å². The van der Waals surface area contributed by atoms with Gasteiger partial charge in [0.15, 0.2) is 0 Å². The quantitative estimate of drug-likeness (QED) is 0.795. The Morgan fingerprint density at radius 2 is 2.06 bits per heavy atom. The third-order valence-corrected chi connectivity index (χ3v) is 3.45. The van der Waals surface area contributed by atoms with Crippen LogP contribution in [0.3, 0.4) is 0 Å². The molecule has 1 aromatic heterocycles. The number of ketones is 1. The third-order valence-electron chi connectivity index (χ3n) is 2.55. The maximum absolute atomic E-state index is 13.8. The average molecular weight is 268 g/mol. The summed E-state index contributed by atoms with van der Waals surface area (Å²) in [5, 5.41) is 1.61. The largest absolute Gasteiger partial charge is 0.496 e. The number of thiophene rings is 1. The molecule has 0 spiro atoms. The molecule has 0 bridgehead atoms. The molecule has 2 nitrogen and oxygen atoms in total. The lowest BCUT2D eigenvalue weighted by molar-refractivity contribution is 0.103. The van der Waals surface area contributed by atoms with E-state index in [1.807, 2.05) is 0 Å². The van der Waals surface area contributed by atoms with E-state index in [4.69, 9.17) is 4.74 Å². The maximum Gasteiger partial charge on any atom is 0.209 e. The zero-order valence-electron chi connectivity index (χ0n) is 9.79. The van der Waals surface area contributed by atoms with Crippen molar-refractivity contribution in [3.05, 3.63) is 51.2 Å². The number of hydrogen-bond donors (Lipinski definition) is 0. The Kier molecular flexibility index (Phi) is 3.43. The smallest absolute Gasteiger partial charge is 0.209 e. The molecule has 2 aromatic rings. The van der Waals surface area contributed by atoms with Gasteiger partial charge >= 0.3 is 0 Å². The van der Waals surface area contributed by atoms with Crippen molar-refractivity contribution in [1.29, 1.82) is 0 Å². The molecule has 0 aliphatic heterocycles. The minimum atomic E-state index is -0.851. The van der Waals surface area contributed by atoms with Crippen LogP contribution in [0.15, 0.2) is 23.6 Å². The number of aryl methyl sites for hydroxylation is 1. The zero-order valence-corrected chi connectivity index (χ0v) is 10.6. The molecule has 2 rings (SSSR count). The molecule has 1 heterocycles. The van der Waals surface area contributed by atoms with Crippen molar-refractivity contribution in [3.8, 4) is 5.75 Å². The summed E-state index contributed by atoms with van der Waals surface area (Å²) >= 11 is 1.09. The van der Waals surface area contributed by atoms with Gasteiger partial charge in [0.1, 0.15) is 17.4 Å². The third kappa shape index (κ3) is 2.13.